The molecule has 1 N–H and O–H groups in total. The SMILES string of the molecule is CCCOc1ccc(OCC(=O)NCC(C)N(C)c2ccccc2)cc1. The van der Waals surface area contributed by atoms with Crippen LogP contribution in [0.4, 0.5) is 5.69 Å². The summed E-state index contributed by atoms with van der Waals surface area (Å²) in [5.41, 5.74) is 1.12. The molecular weight excluding hydrogens is 328 g/mol. The second-order valence-corrected chi connectivity index (χ2v) is 6.21. The van der Waals surface area contributed by atoms with Crippen molar-refractivity contribution >= 4 is 11.6 Å². The molecule has 5 heteroatoms. The molecule has 2 aromatic carbocycles. The van der Waals surface area contributed by atoms with E-state index in [2.05, 4.69) is 36.2 Å². The molecule has 0 aliphatic heterocycles. The Balaban J connectivity index is 1.71. The molecule has 1 amide bonds. The van der Waals surface area contributed by atoms with Crippen molar-refractivity contribution in [2.24, 2.45) is 0 Å². The highest BCUT2D eigenvalue weighted by Crippen LogP contribution is 2.17. The highest BCUT2D eigenvalue weighted by molar-refractivity contribution is 5.77. The Morgan fingerprint density at radius 3 is 2.27 bits per heavy atom. The molecule has 0 fully saturated rings. The minimum absolute atomic E-state index is 0.00304. The minimum atomic E-state index is -0.135. The zero-order chi connectivity index (χ0) is 18.8. The standard InChI is InChI=1S/C21H28N2O3/c1-4-14-25-19-10-12-20(13-11-19)26-16-21(24)22-15-17(2)23(3)18-8-6-5-7-9-18/h5-13,17H,4,14-16H2,1-3H3,(H,22,24). The predicted molar refractivity (Wildman–Crippen MR) is 105 cm³/mol. The third-order valence-electron chi connectivity index (χ3n) is 4.09. The van der Waals surface area contributed by atoms with Crippen LogP contribution in [0.15, 0.2) is 54.6 Å². The van der Waals surface area contributed by atoms with E-state index < -0.39 is 0 Å². The van der Waals surface area contributed by atoms with Crippen LogP contribution in [0.3, 0.4) is 0 Å². The van der Waals surface area contributed by atoms with Crippen molar-refractivity contribution < 1.29 is 14.3 Å². The summed E-state index contributed by atoms with van der Waals surface area (Å²) < 4.78 is 11.0. The van der Waals surface area contributed by atoms with Gasteiger partial charge in [0.25, 0.3) is 5.91 Å². The zero-order valence-corrected chi connectivity index (χ0v) is 15.8. The molecule has 0 radical (unpaired) electrons. The van der Waals surface area contributed by atoms with Crippen molar-refractivity contribution in [1.29, 1.82) is 0 Å². The van der Waals surface area contributed by atoms with E-state index in [1.165, 1.54) is 0 Å². The van der Waals surface area contributed by atoms with E-state index >= 15 is 0 Å². The maximum absolute atomic E-state index is 12.0. The van der Waals surface area contributed by atoms with Gasteiger partial charge in [0.2, 0.25) is 0 Å². The Hall–Kier alpha value is -2.69. The number of para-hydroxylation sites is 1. The number of ether oxygens (including phenoxy) is 2. The first-order valence-corrected chi connectivity index (χ1v) is 9.00. The summed E-state index contributed by atoms with van der Waals surface area (Å²) in [6, 6.07) is 17.6. The highest BCUT2D eigenvalue weighted by Gasteiger charge is 2.11. The fraction of sp³-hybridized carbons (Fsp3) is 0.381. The summed E-state index contributed by atoms with van der Waals surface area (Å²) in [6.07, 6.45) is 0.969. The van der Waals surface area contributed by atoms with Crippen LogP contribution in [0.5, 0.6) is 11.5 Å². The summed E-state index contributed by atoms with van der Waals surface area (Å²) in [5.74, 6) is 1.32. The van der Waals surface area contributed by atoms with Crippen LogP contribution in [-0.4, -0.2) is 38.8 Å². The van der Waals surface area contributed by atoms with Crippen molar-refractivity contribution in [2.45, 2.75) is 26.3 Å². The number of nitrogens with one attached hydrogen (secondary N) is 1. The van der Waals surface area contributed by atoms with Gasteiger partial charge in [-0.1, -0.05) is 25.1 Å². The quantitative estimate of drug-likeness (QED) is 0.708. The van der Waals surface area contributed by atoms with Crippen molar-refractivity contribution in [3.05, 3.63) is 54.6 Å². The lowest BCUT2D eigenvalue weighted by Gasteiger charge is -2.27. The molecule has 0 aliphatic rings. The van der Waals surface area contributed by atoms with Gasteiger partial charge in [0, 0.05) is 25.3 Å². The number of hydrogen-bond donors (Lipinski definition) is 1. The molecule has 0 saturated heterocycles. The summed E-state index contributed by atoms with van der Waals surface area (Å²) in [5, 5.41) is 2.91. The third-order valence-corrected chi connectivity index (χ3v) is 4.09. The summed E-state index contributed by atoms with van der Waals surface area (Å²) in [6.45, 7) is 5.38. The molecule has 0 saturated carbocycles. The number of likely N-dealkylation sites (N-methyl/N-ethyl adjacent to an activating group) is 1. The van der Waals surface area contributed by atoms with Crippen LogP contribution in [0.1, 0.15) is 20.3 Å². The Morgan fingerprint density at radius 2 is 1.65 bits per heavy atom. The van der Waals surface area contributed by atoms with Crippen LogP contribution in [-0.2, 0) is 4.79 Å². The van der Waals surface area contributed by atoms with E-state index in [0.29, 0.717) is 18.9 Å². The van der Waals surface area contributed by atoms with E-state index in [9.17, 15) is 4.79 Å². The first-order chi connectivity index (χ1) is 12.6. The van der Waals surface area contributed by atoms with Crippen molar-refractivity contribution in [2.75, 3.05) is 31.7 Å². The van der Waals surface area contributed by atoms with Gasteiger partial charge in [-0.15, -0.1) is 0 Å². The second-order valence-electron chi connectivity index (χ2n) is 6.21. The summed E-state index contributed by atoms with van der Waals surface area (Å²) in [7, 11) is 2.02. The van der Waals surface area contributed by atoms with Crippen molar-refractivity contribution in [1.82, 2.24) is 5.32 Å². The lowest BCUT2D eigenvalue weighted by atomic mass is 10.2. The number of rotatable bonds is 10. The predicted octanol–water partition coefficient (Wildman–Crippen LogP) is 3.50. The van der Waals surface area contributed by atoms with Crippen molar-refractivity contribution in [3.63, 3.8) is 0 Å². The number of hydrogen-bond acceptors (Lipinski definition) is 4. The van der Waals surface area contributed by atoms with Gasteiger partial charge in [0.1, 0.15) is 11.5 Å². The molecule has 5 nitrogen and oxygen atoms in total. The monoisotopic (exact) mass is 356 g/mol. The van der Waals surface area contributed by atoms with E-state index in [0.717, 1.165) is 17.9 Å². The maximum atomic E-state index is 12.0. The first kappa shape index (κ1) is 19.6. The number of carbonyl (C=O) groups is 1. The number of nitrogens with zero attached hydrogens (tertiary/aromatic N) is 1. The fourth-order valence-corrected chi connectivity index (χ4v) is 2.37. The maximum Gasteiger partial charge on any atom is 0.258 e. The van der Waals surface area contributed by atoms with E-state index in [-0.39, 0.29) is 18.6 Å². The fourth-order valence-electron chi connectivity index (χ4n) is 2.37. The number of benzene rings is 2. The normalized spacial score (nSPS) is 11.5. The molecule has 0 heterocycles. The van der Waals surface area contributed by atoms with Gasteiger partial charge in [0.05, 0.1) is 6.61 Å². The van der Waals surface area contributed by atoms with Gasteiger partial charge in [0.15, 0.2) is 6.61 Å². The van der Waals surface area contributed by atoms with Gasteiger partial charge in [-0.2, -0.15) is 0 Å². The molecule has 140 valence electrons. The van der Waals surface area contributed by atoms with Crippen molar-refractivity contribution in [3.8, 4) is 11.5 Å². The molecule has 0 aromatic heterocycles. The van der Waals surface area contributed by atoms with Gasteiger partial charge in [-0.25, -0.2) is 0 Å². The number of anilines is 1. The smallest absolute Gasteiger partial charge is 0.258 e. The van der Waals surface area contributed by atoms with Crippen LogP contribution in [0.25, 0.3) is 0 Å². The molecule has 0 bridgehead atoms. The van der Waals surface area contributed by atoms with E-state index in [1.54, 1.807) is 0 Å². The molecule has 1 atom stereocenters. The third kappa shape index (κ3) is 6.31. The van der Waals surface area contributed by atoms with Gasteiger partial charge in [-0.05, 0) is 49.7 Å². The van der Waals surface area contributed by atoms with Gasteiger partial charge >= 0.3 is 0 Å². The Labute approximate surface area is 155 Å². The average molecular weight is 356 g/mol. The first-order valence-electron chi connectivity index (χ1n) is 9.00. The summed E-state index contributed by atoms with van der Waals surface area (Å²) in [4.78, 5) is 14.1. The van der Waals surface area contributed by atoms with E-state index in [1.807, 2.05) is 49.5 Å². The lowest BCUT2D eigenvalue weighted by Crippen LogP contribution is -2.41. The van der Waals surface area contributed by atoms with E-state index in [4.69, 9.17) is 9.47 Å². The molecule has 2 rings (SSSR count). The number of carbonyl (C=O) groups excluding carboxylic acids is 1. The second kappa shape index (κ2) is 10.3. The topological polar surface area (TPSA) is 50.8 Å². The average Bonchev–Trinajstić information content (AvgIpc) is 2.69. The van der Waals surface area contributed by atoms with Gasteiger partial charge < -0.3 is 19.7 Å². The largest absolute Gasteiger partial charge is 0.494 e. The van der Waals surface area contributed by atoms with Crippen LogP contribution >= 0.6 is 0 Å². The molecule has 2 aromatic rings. The highest BCUT2D eigenvalue weighted by atomic mass is 16.5. The molecule has 1 unspecified atom stereocenters. The summed E-state index contributed by atoms with van der Waals surface area (Å²) >= 11 is 0. The molecular formula is C21H28N2O3. The van der Waals surface area contributed by atoms with Crippen LogP contribution < -0.4 is 19.7 Å². The lowest BCUT2D eigenvalue weighted by molar-refractivity contribution is -0.123. The Morgan fingerprint density at radius 1 is 1.04 bits per heavy atom. The molecule has 0 spiro atoms. The van der Waals surface area contributed by atoms with Gasteiger partial charge in [-0.3, -0.25) is 4.79 Å². The van der Waals surface area contributed by atoms with Crippen LogP contribution in [0.2, 0.25) is 0 Å². The number of amides is 1. The molecule has 26 heavy (non-hydrogen) atoms. The zero-order valence-electron chi connectivity index (χ0n) is 15.8. The van der Waals surface area contributed by atoms with Crippen LogP contribution in [0, 0.1) is 0 Å². The Bertz CT molecular complexity index is 659. The minimum Gasteiger partial charge on any atom is -0.494 e. The Kier molecular flexibility index (Phi) is 7.80. The molecule has 0 aliphatic carbocycles.